The average Bonchev–Trinajstić information content (AvgIpc) is 3.40. The number of benzene rings is 2. The van der Waals surface area contributed by atoms with E-state index < -0.39 is 6.04 Å². The molecule has 0 bridgehead atoms. The second-order valence-electron chi connectivity index (χ2n) is 9.12. The number of aromatic nitrogens is 1. The Labute approximate surface area is 190 Å². The van der Waals surface area contributed by atoms with Crippen LogP contribution in [0, 0.1) is 0 Å². The molecule has 3 heterocycles. The molecule has 1 amide bonds. The fourth-order valence-corrected chi connectivity index (χ4v) is 4.92. The molecule has 2 aromatic heterocycles. The summed E-state index contributed by atoms with van der Waals surface area (Å²) in [6.07, 6.45) is 2.48. The van der Waals surface area contributed by atoms with Crippen LogP contribution in [0.25, 0.3) is 11.0 Å². The molecule has 0 fully saturated rings. The van der Waals surface area contributed by atoms with E-state index in [0.717, 1.165) is 17.5 Å². The third-order valence-corrected chi connectivity index (χ3v) is 6.83. The fraction of sp³-hybridized carbons (Fsp3) is 0.269. The number of hydrogen-bond donors (Lipinski definition) is 0. The smallest absolute Gasteiger partial charge is 0.297 e. The van der Waals surface area contributed by atoms with Crippen LogP contribution < -0.4 is 10.3 Å². The van der Waals surface area contributed by atoms with Gasteiger partial charge in [-0.05, 0) is 40.7 Å². The lowest BCUT2D eigenvalue weighted by atomic mass is 9.86. The van der Waals surface area contributed by atoms with Crippen molar-refractivity contribution in [1.29, 1.82) is 0 Å². The summed E-state index contributed by atoms with van der Waals surface area (Å²) >= 11 is 1.37. The Morgan fingerprint density at radius 2 is 1.84 bits per heavy atom. The molecule has 32 heavy (non-hydrogen) atoms. The predicted octanol–water partition coefficient (Wildman–Crippen LogP) is 5.86. The predicted molar refractivity (Wildman–Crippen MR) is 128 cm³/mol. The maximum atomic E-state index is 13.7. The zero-order chi connectivity index (χ0) is 22.6. The van der Waals surface area contributed by atoms with Gasteiger partial charge in [0.1, 0.15) is 5.58 Å². The molecule has 2 aromatic carbocycles. The fourth-order valence-electron chi connectivity index (χ4n) is 4.25. The summed E-state index contributed by atoms with van der Waals surface area (Å²) in [4.78, 5) is 33.1. The maximum Gasteiger partial charge on any atom is 0.297 e. The van der Waals surface area contributed by atoms with E-state index in [4.69, 9.17) is 4.42 Å². The van der Waals surface area contributed by atoms with E-state index in [0.29, 0.717) is 21.7 Å². The molecule has 0 spiro atoms. The third kappa shape index (κ3) is 3.17. The first-order chi connectivity index (χ1) is 15.3. The number of rotatable bonds is 3. The minimum Gasteiger partial charge on any atom is -0.450 e. The lowest BCUT2D eigenvalue weighted by Gasteiger charge is -2.24. The van der Waals surface area contributed by atoms with E-state index in [-0.39, 0.29) is 22.5 Å². The summed E-state index contributed by atoms with van der Waals surface area (Å²) in [7, 11) is 0. The van der Waals surface area contributed by atoms with Crippen molar-refractivity contribution < 1.29 is 9.21 Å². The van der Waals surface area contributed by atoms with E-state index in [2.05, 4.69) is 37.9 Å². The SMILES string of the molecule is CCc1ccc2oc3c(c(=O)c2c1)C(c1ccc(C(C)(C)C)cc1)N(c1nccs1)C3=O. The second kappa shape index (κ2) is 7.41. The van der Waals surface area contributed by atoms with Crippen molar-refractivity contribution in [3.8, 4) is 0 Å². The molecular weight excluding hydrogens is 420 g/mol. The van der Waals surface area contributed by atoms with Crippen molar-refractivity contribution in [3.63, 3.8) is 0 Å². The van der Waals surface area contributed by atoms with Gasteiger partial charge in [0.15, 0.2) is 10.6 Å². The molecule has 0 saturated carbocycles. The monoisotopic (exact) mass is 444 g/mol. The number of thiazole rings is 1. The number of anilines is 1. The van der Waals surface area contributed by atoms with Crippen LogP contribution >= 0.6 is 11.3 Å². The van der Waals surface area contributed by atoms with Crippen molar-refractivity contribution in [3.05, 3.63) is 92.3 Å². The number of carbonyl (C=O) groups excluding carboxylic acids is 1. The molecule has 5 rings (SSSR count). The maximum absolute atomic E-state index is 13.7. The molecular formula is C26H24N2O3S. The van der Waals surface area contributed by atoms with Gasteiger partial charge in [-0.25, -0.2) is 4.98 Å². The van der Waals surface area contributed by atoms with Gasteiger partial charge >= 0.3 is 0 Å². The van der Waals surface area contributed by atoms with E-state index in [1.807, 2.05) is 36.6 Å². The summed E-state index contributed by atoms with van der Waals surface area (Å²) in [5.74, 6) is -0.231. The Morgan fingerprint density at radius 3 is 2.47 bits per heavy atom. The van der Waals surface area contributed by atoms with Crippen LogP contribution in [0.2, 0.25) is 0 Å². The molecule has 0 saturated heterocycles. The van der Waals surface area contributed by atoms with E-state index in [1.165, 1.54) is 16.9 Å². The Morgan fingerprint density at radius 1 is 1.09 bits per heavy atom. The summed E-state index contributed by atoms with van der Waals surface area (Å²) in [6.45, 7) is 8.52. The van der Waals surface area contributed by atoms with Crippen LogP contribution in [0.4, 0.5) is 5.13 Å². The second-order valence-corrected chi connectivity index (χ2v) is 10.00. The van der Waals surface area contributed by atoms with Crippen LogP contribution in [-0.2, 0) is 11.8 Å². The highest BCUT2D eigenvalue weighted by Gasteiger charge is 2.44. The number of nitrogens with zero attached hydrogens (tertiary/aromatic N) is 2. The van der Waals surface area contributed by atoms with Gasteiger partial charge in [0.05, 0.1) is 17.0 Å². The van der Waals surface area contributed by atoms with Crippen molar-refractivity contribution in [2.45, 2.75) is 45.6 Å². The first-order valence-corrected chi connectivity index (χ1v) is 11.6. The van der Waals surface area contributed by atoms with Gasteiger partial charge < -0.3 is 4.42 Å². The molecule has 0 N–H and O–H groups in total. The van der Waals surface area contributed by atoms with Gasteiger partial charge in [-0.3, -0.25) is 14.5 Å². The molecule has 0 aliphatic carbocycles. The molecule has 6 heteroatoms. The lowest BCUT2D eigenvalue weighted by molar-refractivity contribution is 0.0971. The summed E-state index contributed by atoms with van der Waals surface area (Å²) in [5, 5.41) is 2.88. The summed E-state index contributed by atoms with van der Waals surface area (Å²) < 4.78 is 6.04. The van der Waals surface area contributed by atoms with E-state index in [1.54, 1.807) is 17.2 Å². The van der Waals surface area contributed by atoms with Crippen LogP contribution in [-0.4, -0.2) is 10.9 Å². The topological polar surface area (TPSA) is 63.4 Å². The van der Waals surface area contributed by atoms with Crippen LogP contribution in [0.15, 0.2) is 63.3 Å². The van der Waals surface area contributed by atoms with Gasteiger partial charge in [0, 0.05) is 11.6 Å². The highest BCUT2D eigenvalue weighted by molar-refractivity contribution is 7.13. The molecule has 0 radical (unpaired) electrons. The minimum absolute atomic E-state index is 0.00269. The lowest BCUT2D eigenvalue weighted by Crippen LogP contribution is -2.29. The Balaban J connectivity index is 1.76. The number of fused-ring (bicyclic) bond motifs is 2. The normalized spacial score (nSPS) is 16.1. The van der Waals surface area contributed by atoms with Crippen LogP contribution in [0.5, 0.6) is 0 Å². The van der Waals surface area contributed by atoms with E-state index >= 15 is 0 Å². The van der Waals surface area contributed by atoms with Gasteiger partial charge in [0.2, 0.25) is 5.76 Å². The van der Waals surface area contributed by atoms with E-state index in [9.17, 15) is 9.59 Å². The quantitative estimate of drug-likeness (QED) is 0.397. The van der Waals surface area contributed by atoms with Crippen molar-refractivity contribution in [2.24, 2.45) is 0 Å². The first kappa shape index (κ1) is 20.6. The molecule has 162 valence electrons. The molecule has 1 aliphatic rings. The number of aryl methyl sites for hydroxylation is 1. The standard InChI is InChI=1S/C26H24N2O3S/c1-5-15-6-11-19-18(14-15)22(29)20-21(16-7-9-17(10-8-16)26(2,3)4)28(24(30)23(20)31-19)25-27-12-13-32-25/h6-14,21H,5H2,1-4H3. The Bertz CT molecular complexity index is 1380. The van der Waals surface area contributed by atoms with Crippen molar-refractivity contribution >= 4 is 33.3 Å². The number of amides is 1. The third-order valence-electron chi connectivity index (χ3n) is 6.06. The average molecular weight is 445 g/mol. The van der Waals surface area contributed by atoms with Gasteiger partial charge in [-0.15, -0.1) is 11.3 Å². The highest BCUT2D eigenvalue weighted by Crippen LogP contribution is 2.42. The zero-order valence-corrected chi connectivity index (χ0v) is 19.3. The molecule has 4 aromatic rings. The number of hydrogen-bond acceptors (Lipinski definition) is 5. The van der Waals surface area contributed by atoms with Crippen molar-refractivity contribution in [2.75, 3.05) is 4.90 Å². The van der Waals surface area contributed by atoms with Crippen LogP contribution in [0.3, 0.4) is 0 Å². The first-order valence-electron chi connectivity index (χ1n) is 10.7. The van der Waals surface area contributed by atoms with Crippen molar-refractivity contribution in [1.82, 2.24) is 4.98 Å². The van der Waals surface area contributed by atoms with Gasteiger partial charge in [-0.1, -0.05) is 58.0 Å². The number of carbonyl (C=O) groups is 1. The molecule has 5 nitrogen and oxygen atoms in total. The molecule has 1 unspecified atom stereocenters. The van der Waals surface area contributed by atoms with Gasteiger partial charge in [0.25, 0.3) is 5.91 Å². The molecule has 1 atom stereocenters. The Hall–Kier alpha value is -3.25. The molecule has 1 aliphatic heterocycles. The van der Waals surface area contributed by atoms with Gasteiger partial charge in [-0.2, -0.15) is 0 Å². The summed E-state index contributed by atoms with van der Waals surface area (Å²) in [5.41, 5.74) is 3.76. The Kier molecular flexibility index (Phi) is 4.78. The largest absolute Gasteiger partial charge is 0.450 e. The highest BCUT2D eigenvalue weighted by atomic mass is 32.1. The summed E-state index contributed by atoms with van der Waals surface area (Å²) in [6, 6.07) is 13.1. The minimum atomic E-state index is -0.580. The zero-order valence-electron chi connectivity index (χ0n) is 18.5. The van der Waals surface area contributed by atoms with Crippen LogP contribution in [0.1, 0.15) is 66.5 Å².